The van der Waals surface area contributed by atoms with Crippen molar-refractivity contribution in [1.82, 2.24) is 0 Å². The molecule has 19 heteroatoms. The van der Waals surface area contributed by atoms with Crippen molar-refractivity contribution in [2.45, 2.75) is 37.0 Å². The molecule has 0 saturated carbocycles. The minimum atomic E-state index is -5.60. The third kappa shape index (κ3) is 5.77. The van der Waals surface area contributed by atoms with Crippen molar-refractivity contribution in [3.8, 4) is 18.2 Å². The van der Waals surface area contributed by atoms with E-state index in [0.717, 1.165) is 12.1 Å². The summed E-state index contributed by atoms with van der Waals surface area (Å²) in [5.74, 6) is -2.33. The number of benzene rings is 2. The van der Waals surface area contributed by atoms with Crippen molar-refractivity contribution >= 4 is 11.4 Å². The number of alkyl halides is 12. The van der Waals surface area contributed by atoms with Gasteiger partial charge in [-0.15, -0.1) is 0 Å². The molecule has 2 N–H and O–H groups in total. The van der Waals surface area contributed by atoms with E-state index in [0.29, 0.717) is 0 Å². The Bertz CT molecular complexity index is 1500. The Balaban J connectivity index is 2.23. The largest absolute Gasteiger partial charge is 0.417 e. The summed E-state index contributed by atoms with van der Waals surface area (Å²) in [6.45, 7) is 0. The molecule has 0 aliphatic carbocycles. The molecule has 0 aromatic heterocycles. The van der Waals surface area contributed by atoms with Crippen LogP contribution in [0.4, 0.5) is 58.4 Å². The SMILES string of the molecule is N#CC1=NN(c2cc(C(F)(F)F)c(C#N)c(C(F)(F)F)c2)C(O)C1C(O)c1cc(C(F)(F)F)c(C#N)c(C(F)(F)F)c1. The maximum absolute atomic E-state index is 13.5. The molecule has 2 aromatic carbocycles. The minimum Gasteiger partial charge on any atom is -0.388 e. The number of anilines is 1. The van der Waals surface area contributed by atoms with Crippen LogP contribution in [-0.2, 0) is 24.7 Å². The lowest BCUT2D eigenvalue weighted by atomic mass is 9.87. The first-order valence-electron chi connectivity index (χ1n) is 10.7. The van der Waals surface area contributed by atoms with E-state index in [9.17, 15) is 68.2 Å². The number of hydrazone groups is 1. The Morgan fingerprint density at radius 3 is 1.33 bits per heavy atom. The van der Waals surface area contributed by atoms with E-state index in [1.807, 2.05) is 0 Å². The third-order valence-electron chi connectivity index (χ3n) is 5.89. The number of hydrogen-bond donors (Lipinski definition) is 2. The number of aliphatic hydroxyl groups is 2. The molecule has 0 radical (unpaired) electrons. The highest BCUT2D eigenvalue weighted by molar-refractivity contribution is 6.03. The normalized spacial score (nSPS) is 18.6. The first kappa shape index (κ1) is 32.0. The van der Waals surface area contributed by atoms with E-state index in [1.54, 1.807) is 0 Å². The van der Waals surface area contributed by atoms with Crippen LogP contribution in [0, 0.1) is 39.9 Å². The number of nitriles is 3. The second-order valence-corrected chi connectivity index (χ2v) is 8.45. The van der Waals surface area contributed by atoms with Crippen LogP contribution < -0.4 is 5.01 Å². The molecule has 1 aliphatic rings. The fourth-order valence-corrected chi connectivity index (χ4v) is 4.09. The van der Waals surface area contributed by atoms with E-state index in [-0.39, 0.29) is 29.3 Å². The van der Waals surface area contributed by atoms with Crippen LogP contribution in [0.15, 0.2) is 29.4 Å². The first-order valence-corrected chi connectivity index (χ1v) is 10.7. The van der Waals surface area contributed by atoms with Gasteiger partial charge in [0.25, 0.3) is 0 Å². The third-order valence-corrected chi connectivity index (χ3v) is 5.89. The quantitative estimate of drug-likeness (QED) is 0.416. The van der Waals surface area contributed by atoms with Gasteiger partial charge in [-0.1, -0.05) is 0 Å². The van der Waals surface area contributed by atoms with Crippen molar-refractivity contribution in [2.24, 2.45) is 11.0 Å². The van der Waals surface area contributed by atoms with Gasteiger partial charge in [0, 0.05) is 0 Å². The highest BCUT2D eigenvalue weighted by Gasteiger charge is 2.48. The Labute approximate surface area is 225 Å². The highest BCUT2D eigenvalue weighted by atomic mass is 19.4. The second-order valence-electron chi connectivity index (χ2n) is 8.45. The molecule has 3 atom stereocenters. The fraction of sp³-hybridized carbons (Fsp3) is 0.304. The van der Waals surface area contributed by atoms with E-state index in [1.165, 1.54) is 6.07 Å². The average molecular weight is 615 g/mol. The standard InChI is InChI=1S/C23H9F12N5O2/c24-20(25,26)12-1-8(2-13(10(12)5-36)21(27,28)29)18(41)17-16(7-38)39-40(19(17)42)9-3-14(22(30,31)32)11(6-37)15(4-9)23(33,34)35/h1-4,17-19,41-42H. The lowest BCUT2D eigenvalue weighted by Crippen LogP contribution is -2.37. The lowest BCUT2D eigenvalue weighted by Gasteiger charge is -2.28. The molecule has 0 spiro atoms. The van der Waals surface area contributed by atoms with Gasteiger partial charge in [0.1, 0.15) is 23.9 Å². The smallest absolute Gasteiger partial charge is 0.388 e. The molecule has 7 nitrogen and oxygen atoms in total. The number of halogens is 12. The zero-order valence-corrected chi connectivity index (χ0v) is 19.7. The van der Waals surface area contributed by atoms with E-state index in [2.05, 4.69) is 5.10 Å². The molecule has 2 aromatic rings. The molecular formula is C23H9F12N5O2. The molecule has 0 fully saturated rings. The summed E-state index contributed by atoms with van der Waals surface area (Å²) in [4.78, 5) is 0. The summed E-state index contributed by atoms with van der Waals surface area (Å²) in [6, 6.07) is 2.38. The number of hydrogen-bond acceptors (Lipinski definition) is 7. The Kier molecular flexibility index (Phi) is 7.90. The van der Waals surface area contributed by atoms with E-state index in [4.69, 9.17) is 10.5 Å². The molecular weight excluding hydrogens is 606 g/mol. The highest BCUT2D eigenvalue weighted by Crippen LogP contribution is 2.46. The van der Waals surface area contributed by atoms with Crippen LogP contribution in [0.3, 0.4) is 0 Å². The zero-order chi connectivity index (χ0) is 32.2. The van der Waals surface area contributed by atoms with Gasteiger partial charge >= 0.3 is 24.7 Å². The zero-order valence-electron chi connectivity index (χ0n) is 19.7. The Morgan fingerprint density at radius 2 is 1.02 bits per heavy atom. The summed E-state index contributed by atoms with van der Waals surface area (Å²) in [6.07, 6.45) is -27.7. The van der Waals surface area contributed by atoms with Crippen molar-refractivity contribution in [2.75, 3.05) is 5.01 Å². The second kappa shape index (κ2) is 10.4. The lowest BCUT2D eigenvalue weighted by molar-refractivity contribution is -0.145. The topological polar surface area (TPSA) is 127 Å². The molecule has 3 rings (SSSR count). The summed E-state index contributed by atoms with van der Waals surface area (Å²) < 4.78 is 162. The molecule has 0 saturated heterocycles. The van der Waals surface area contributed by atoms with Crippen LogP contribution in [0.1, 0.15) is 45.0 Å². The molecule has 3 unspecified atom stereocenters. The first-order chi connectivity index (χ1) is 19.1. The maximum atomic E-state index is 13.5. The van der Waals surface area contributed by atoms with Crippen molar-refractivity contribution in [3.63, 3.8) is 0 Å². The van der Waals surface area contributed by atoms with Gasteiger partial charge in [0.15, 0.2) is 6.23 Å². The van der Waals surface area contributed by atoms with Crippen molar-refractivity contribution < 1.29 is 62.9 Å². The number of rotatable bonds is 3. The number of nitrogens with zero attached hydrogens (tertiary/aromatic N) is 5. The molecule has 0 bridgehead atoms. The van der Waals surface area contributed by atoms with Gasteiger partial charge in [-0.3, -0.25) is 0 Å². The Hall–Kier alpha value is -4.54. The van der Waals surface area contributed by atoms with Gasteiger partial charge < -0.3 is 10.2 Å². The summed E-state index contributed by atoms with van der Waals surface area (Å²) in [5, 5.41) is 51.9. The fourth-order valence-electron chi connectivity index (χ4n) is 4.09. The van der Waals surface area contributed by atoms with E-state index >= 15 is 0 Å². The Morgan fingerprint density at radius 1 is 0.667 bits per heavy atom. The summed E-state index contributed by atoms with van der Waals surface area (Å²) in [7, 11) is 0. The summed E-state index contributed by atoms with van der Waals surface area (Å²) in [5.41, 5.74) is -16.1. The molecule has 1 heterocycles. The summed E-state index contributed by atoms with van der Waals surface area (Å²) >= 11 is 0. The molecule has 222 valence electrons. The van der Waals surface area contributed by atoms with Crippen molar-refractivity contribution in [1.29, 1.82) is 15.8 Å². The van der Waals surface area contributed by atoms with Gasteiger partial charge in [0.2, 0.25) is 0 Å². The molecule has 0 amide bonds. The van der Waals surface area contributed by atoms with Crippen LogP contribution in [0.5, 0.6) is 0 Å². The maximum Gasteiger partial charge on any atom is 0.417 e. The van der Waals surface area contributed by atoms with Crippen LogP contribution in [-0.4, -0.2) is 22.2 Å². The average Bonchev–Trinajstić information content (AvgIpc) is 3.20. The van der Waals surface area contributed by atoms with Gasteiger partial charge in [0.05, 0.1) is 51.1 Å². The van der Waals surface area contributed by atoms with Gasteiger partial charge in [-0.2, -0.15) is 73.6 Å². The predicted molar refractivity (Wildman–Crippen MR) is 112 cm³/mol. The van der Waals surface area contributed by atoms with Crippen LogP contribution >= 0.6 is 0 Å². The molecule has 42 heavy (non-hydrogen) atoms. The van der Waals surface area contributed by atoms with Gasteiger partial charge in [-0.05, 0) is 29.8 Å². The van der Waals surface area contributed by atoms with Crippen LogP contribution in [0.2, 0.25) is 0 Å². The monoisotopic (exact) mass is 615 g/mol. The predicted octanol–water partition coefficient (Wildman–Crippen LogP) is 5.87. The van der Waals surface area contributed by atoms with Crippen molar-refractivity contribution in [3.05, 3.63) is 63.2 Å². The van der Waals surface area contributed by atoms with E-state index < -0.39 is 93.3 Å². The minimum absolute atomic E-state index is 0.0585. The van der Waals surface area contributed by atoms with Crippen LogP contribution in [0.25, 0.3) is 0 Å². The molecule has 1 aliphatic heterocycles. The number of aliphatic hydroxyl groups excluding tert-OH is 2. The van der Waals surface area contributed by atoms with Gasteiger partial charge in [-0.25, -0.2) is 5.01 Å².